The molecular weight excluding hydrogens is 298 g/mol. The highest BCUT2D eigenvalue weighted by Crippen LogP contribution is 2.37. The van der Waals surface area contributed by atoms with Crippen molar-refractivity contribution < 1.29 is 9.47 Å². The van der Waals surface area contributed by atoms with Gasteiger partial charge < -0.3 is 14.8 Å². The molecule has 0 amide bonds. The Balaban J connectivity index is 2.70. The quantitative estimate of drug-likeness (QED) is 0.546. The minimum atomic E-state index is -0.600. The average Bonchev–Trinajstić information content (AvgIpc) is 2.80. The van der Waals surface area contributed by atoms with Gasteiger partial charge in [-0.05, 0) is 22.8 Å². The lowest BCUT2D eigenvalue weighted by Crippen LogP contribution is -2.67. The summed E-state index contributed by atoms with van der Waals surface area (Å²) in [6.45, 7) is 2.27. The first kappa shape index (κ1) is 20.7. The normalized spacial score (nSPS) is 18.2. The average molecular weight is 325 g/mol. The van der Waals surface area contributed by atoms with Crippen LogP contribution in [0.1, 0.15) is 18.9 Å². The van der Waals surface area contributed by atoms with E-state index in [1.54, 1.807) is 0 Å². The maximum atomic E-state index is 6.18. The van der Waals surface area contributed by atoms with E-state index in [-0.39, 0.29) is 10.7 Å². The zero-order valence-corrected chi connectivity index (χ0v) is 18.1. The summed E-state index contributed by atoms with van der Waals surface area (Å²) in [7, 11) is 22.0. The summed E-state index contributed by atoms with van der Waals surface area (Å²) in [6, 6.07) is 0. The molecule has 0 aliphatic carbocycles. The van der Waals surface area contributed by atoms with E-state index in [2.05, 4.69) is 75.0 Å². The summed E-state index contributed by atoms with van der Waals surface area (Å²) < 4.78 is 12.3. The van der Waals surface area contributed by atoms with Crippen LogP contribution >= 0.6 is 0 Å². The second-order valence-electron chi connectivity index (χ2n) is 9.12. The molecule has 1 aliphatic rings. The SMILES string of the molecule is Bc1c(B)c(C(B)(B)[C@@](B)(CC)NC(B)B)c(B)c2c1OC(B)(B)O2. The van der Waals surface area contributed by atoms with E-state index in [1.807, 2.05) is 15.7 Å². The van der Waals surface area contributed by atoms with Gasteiger partial charge in [0.1, 0.15) is 62.8 Å². The number of benzene rings is 1. The van der Waals surface area contributed by atoms with Gasteiger partial charge in [0, 0.05) is 0 Å². The largest absolute Gasteiger partial charge is 0.467 e. The van der Waals surface area contributed by atoms with Crippen molar-refractivity contribution in [3.05, 3.63) is 5.56 Å². The Hall–Kier alpha value is -0.571. The van der Waals surface area contributed by atoms with Crippen LogP contribution in [0.2, 0.25) is 0 Å². The van der Waals surface area contributed by atoms with Gasteiger partial charge in [-0.25, -0.2) is 0 Å². The summed E-state index contributed by atoms with van der Waals surface area (Å²) >= 11 is 0. The van der Waals surface area contributed by atoms with Gasteiger partial charge in [-0.15, -0.1) is 0 Å². The molecule has 1 heterocycles. The summed E-state index contributed by atoms with van der Waals surface area (Å²) in [5.41, 5.74) is 4.47. The third-order valence-electron chi connectivity index (χ3n) is 6.21. The van der Waals surface area contributed by atoms with Gasteiger partial charge in [0.25, 0.3) is 0 Å². The molecule has 122 valence electrons. The molecule has 0 fully saturated rings. The lowest BCUT2D eigenvalue weighted by Gasteiger charge is -2.49. The van der Waals surface area contributed by atoms with Crippen molar-refractivity contribution >= 4 is 94.9 Å². The van der Waals surface area contributed by atoms with Gasteiger partial charge >= 0.3 is 0 Å². The van der Waals surface area contributed by atoms with Crippen molar-refractivity contribution in [2.24, 2.45) is 0 Å². The molecule has 1 atom stereocenters. The molecule has 0 saturated heterocycles. The van der Waals surface area contributed by atoms with E-state index >= 15 is 0 Å². The van der Waals surface area contributed by atoms with Gasteiger partial charge in [-0.2, -0.15) is 0 Å². The maximum Gasteiger partial charge on any atom is 0.197 e. The Morgan fingerprint density at radius 2 is 1.44 bits per heavy atom. The van der Waals surface area contributed by atoms with Crippen molar-refractivity contribution in [2.45, 2.75) is 35.4 Å². The number of nitrogens with one attached hydrogen (secondary N) is 1. The van der Waals surface area contributed by atoms with E-state index in [4.69, 9.17) is 9.47 Å². The van der Waals surface area contributed by atoms with Gasteiger partial charge in [0.15, 0.2) is 32.8 Å². The van der Waals surface area contributed by atoms with Crippen LogP contribution in [0.4, 0.5) is 0 Å². The first-order valence-corrected chi connectivity index (χ1v) is 9.57. The smallest absolute Gasteiger partial charge is 0.197 e. The number of ether oxygens (including phenoxy) is 2. The van der Waals surface area contributed by atoms with Crippen LogP contribution in [0.3, 0.4) is 0 Å². The number of hydrogen-bond acceptors (Lipinski definition) is 3. The standard InChI is InChI=1S/C12H27B10NO2/c1-2-10(18,23-9(16)17)11(19,20)3-4(13)6(15)8-7(5(3)14)24-12(21,22)25-8/h9,23H,2,13-22H2,1H3/t10-/m1/s1. The molecule has 13 heteroatoms. The third kappa shape index (κ3) is 3.38. The van der Waals surface area contributed by atoms with Gasteiger partial charge in [-0.3, -0.25) is 0 Å². The third-order valence-corrected chi connectivity index (χ3v) is 6.21. The van der Waals surface area contributed by atoms with Crippen LogP contribution in [0.25, 0.3) is 0 Å². The Kier molecular flexibility index (Phi) is 5.43. The van der Waals surface area contributed by atoms with Gasteiger partial charge in [0.05, 0.1) is 0 Å². The molecule has 1 aromatic rings. The zero-order valence-electron chi connectivity index (χ0n) is 18.1. The van der Waals surface area contributed by atoms with E-state index in [0.29, 0.717) is 5.84 Å². The highest BCUT2D eigenvalue weighted by molar-refractivity contribution is 6.57. The molecule has 3 nitrogen and oxygen atoms in total. The van der Waals surface area contributed by atoms with Crippen molar-refractivity contribution in [2.75, 3.05) is 0 Å². The molecule has 0 spiro atoms. The van der Waals surface area contributed by atoms with Crippen LogP contribution < -0.4 is 31.2 Å². The Labute approximate surface area is 162 Å². The molecule has 1 aromatic carbocycles. The first-order chi connectivity index (χ1) is 11.3. The fourth-order valence-corrected chi connectivity index (χ4v) is 4.43. The fraction of sp³-hybridized carbons (Fsp3) is 0.500. The minimum Gasteiger partial charge on any atom is -0.467 e. The molecule has 0 aromatic heterocycles. The zero-order chi connectivity index (χ0) is 19.4. The number of rotatable bonds is 5. The maximum absolute atomic E-state index is 6.18. The van der Waals surface area contributed by atoms with E-state index in [9.17, 15) is 0 Å². The second-order valence-corrected chi connectivity index (χ2v) is 9.12. The molecule has 25 heavy (non-hydrogen) atoms. The summed E-state index contributed by atoms with van der Waals surface area (Å²) in [4.78, 5) is 0. The predicted molar refractivity (Wildman–Crippen MR) is 136 cm³/mol. The van der Waals surface area contributed by atoms with Crippen LogP contribution in [0, 0.1) is 0 Å². The van der Waals surface area contributed by atoms with E-state index in [1.165, 1.54) is 22.0 Å². The van der Waals surface area contributed by atoms with Crippen LogP contribution in [0.5, 0.6) is 11.5 Å². The molecule has 0 bridgehead atoms. The Morgan fingerprint density at radius 3 is 1.88 bits per heavy atom. The topological polar surface area (TPSA) is 30.5 Å². The van der Waals surface area contributed by atoms with Crippen molar-refractivity contribution in [3.63, 3.8) is 0 Å². The van der Waals surface area contributed by atoms with E-state index < -0.39 is 5.59 Å². The lowest BCUT2D eigenvalue weighted by atomic mass is 9.34. The van der Waals surface area contributed by atoms with Crippen LogP contribution in [-0.4, -0.2) is 95.3 Å². The first-order valence-electron chi connectivity index (χ1n) is 9.57. The number of fused-ring (bicyclic) bond motifs is 1. The minimum absolute atomic E-state index is 0.0215. The fourth-order valence-electron chi connectivity index (χ4n) is 4.43. The van der Waals surface area contributed by atoms with Crippen molar-refractivity contribution in [1.82, 2.24) is 5.32 Å². The molecule has 0 radical (unpaired) electrons. The molecule has 1 N–H and O–H groups in total. The number of hydrogen-bond donors (Lipinski definition) is 1. The van der Waals surface area contributed by atoms with Gasteiger partial charge in [0.2, 0.25) is 0 Å². The summed E-state index contributed by atoms with van der Waals surface area (Å²) in [6.07, 6.45) is 1.05. The molecule has 1 aliphatic heterocycles. The highest BCUT2D eigenvalue weighted by atomic mass is 16.7. The molecular formula is C12H27B10NO2. The van der Waals surface area contributed by atoms with Crippen molar-refractivity contribution in [3.8, 4) is 11.5 Å². The van der Waals surface area contributed by atoms with Crippen LogP contribution in [-0.2, 0) is 5.21 Å². The highest BCUT2D eigenvalue weighted by Gasteiger charge is 2.44. The monoisotopic (exact) mass is 327 g/mol. The van der Waals surface area contributed by atoms with E-state index in [0.717, 1.165) is 17.9 Å². The second kappa shape index (κ2) is 6.55. The summed E-state index contributed by atoms with van der Waals surface area (Å²) in [5, 5.41) is 3.77. The van der Waals surface area contributed by atoms with Crippen molar-refractivity contribution in [1.29, 1.82) is 0 Å². The Morgan fingerprint density at radius 1 is 0.960 bits per heavy atom. The van der Waals surface area contributed by atoms with Gasteiger partial charge in [-0.1, -0.05) is 29.0 Å². The van der Waals surface area contributed by atoms with Crippen LogP contribution in [0.15, 0.2) is 0 Å². The summed E-state index contributed by atoms with van der Waals surface area (Å²) in [5.74, 6) is 2.26. The molecule has 0 saturated carbocycles. The lowest BCUT2D eigenvalue weighted by molar-refractivity contribution is 0.0844. The Bertz CT molecular complexity index is 695. The molecule has 0 unspecified atom stereocenters. The predicted octanol–water partition coefficient (Wildman–Crippen LogP) is -10.6. The molecule has 2 rings (SSSR count).